The van der Waals surface area contributed by atoms with Crippen LogP contribution >= 0.6 is 31.9 Å². The highest BCUT2D eigenvalue weighted by atomic mass is 79.9. The number of rotatable bonds is 1. The Labute approximate surface area is 118 Å². The molecule has 0 N–H and O–H groups in total. The first-order valence-electron chi connectivity index (χ1n) is 5.82. The van der Waals surface area contributed by atoms with E-state index in [-0.39, 0.29) is 5.91 Å². The molecular weight excluding hydrogens is 346 g/mol. The zero-order valence-electron chi connectivity index (χ0n) is 9.22. The van der Waals surface area contributed by atoms with E-state index in [2.05, 4.69) is 31.9 Å². The van der Waals surface area contributed by atoms with Gasteiger partial charge in [-0.05, 0) is 24.5 Å². The van der Waals surface area contributed by atoms with Crippen LogP contribution in [0, 0.1) is 5.92 Å². The number of fused-ring (bicyclic) bond motifs is 2. The second kappa shape index (κ2) is 4.39. The molecule has 0 radical (unpaired) electrons. The van der Waals surface area contributed by atoms with Crippen molar-refractivity contribution in [1.29, 1.82) is 0 Å². The van der Waals surface area contributed by atoms with E-state index in [1.165, 1.54) is 6.42 Å². The molecule has 2 bridgehead atoms. The minimum Gasteiger partial charge on any atom is -0.333 e. The molecule has 1 heterocycles. The summed E-state index contributed by atoms with van der Waals surface area (Å²) >= 11 is 7.42. The van der Waals surface area contributed by atoms with Gasteiger partial charge in [0.05, 0.1) is 6.04 Å². The van der Waals surface area contributed by atoms with Crippen molar-refractivity contribution in [3.05, 3.63) is 35.9 Å². The van der Waals surface area contributed by atoms with Crippen LogP contribution in [0.4, 0.5) is 0 Å². The summed E-state index contributed by atoms with van der Waals surface area (Å²) in [7, 11) is 0. The predicted octanol–water partition coefficient (Wildman–Crippen LogP) is 3.06. The van der Waals surface area contributed by atoms with Gasteiger partial charge in [-0.25, -0.2) is 0 Å². The maximum atomic E-state index is 12.4. The number of carbonyl (C=O) groups is 1. The summed E-state index contributed by atoms with van der Waals surface area (Å²) in [6, 6.07) is 9.85. The maximum Gasteiger partial charge on any atom is 0.254 e. The molecule has 1 amide bonds. The zero-order chi connectivity index (χ0) is 12.0. The monoisotopic (exact) mass is 357 g/mol. The van der Waals surface area contributed by atoms with Gasteiger partial charge in [0.1, 0.15) is 0 Å². The highest BCUT2D eigenvalue weighted by Crippen LogP contribution is 2.45. The highest BCUT2D eigenvalue weighted by Gasteiger charge is 2.52. The molecule has 90 valence electrons. The molecule has 4 atom stereocenters. The Morgan fingerprint density at radius 1 is 1.24 bits per heavy atom. The van der Waals surface area contributed by atoms with Gasteiger partial charge in [-0.1, -0.05) is 50.1 Å². The summed E-state index contributed by atoms with van der Waals surface area (Å²) in [5, 5.41) is 0. The Morgan fingerprint density at radius 2 is 1.94 bits per heavy atom. The van der Waals surface area contributed by atoms with E-state index in [9.17, 15) is 4.79 Å². The fraction of sp³-hybridized carbons (Fsp3) is 0.462. The molecule has 1 saturated heterocycles. The minimum absolute atomic E-state index is 0.159. The standard InChI is InChI=1S/C13H13Br2NO/c14-10-6-9-7-16(12(10)11(9)15)13(17)8-4-2-1-3-5-8/h1-5,9-12H,6-7H2/t9-,10+,11+,12+/m1/s1. The zero-order valence-corrected chi connectivity index (χ0v) is 12.4. The molecule has 1 saturated carbocycles. The lowest BCUT2D eigenvalue weighted by molar-refractivity contribution is 0.0711. The van der Waals surface area contributed by atoms with E-state index in [0.717, 1.165) is 12.1 Å². The number of nitrogens with zero attached hydrogens (tertiary/aromatic N) is 1. The Balaban J connectivity index is 1.85. The van der Waals surface area contributed by atoms with E-state index in [1.54, 1.807) is 0 Å². The van der Waals surface area contributed by atoms with Crippen molar-refractivity contribution in [2.45, 2.75) is 22.1 Å². The highest BCUT2D eigenvalue weighted by molar-refractivity contribution is 9.10. The van der Waals surface area contributed by atoms with Gasteiger partial charge in [0.25, 0.3) is 5.91 Å². The first-order valence-corrected chi connectivity index (χ1v) is 7.66. The van der Waals surface area contributed by atoms with Gasteiger partial charge in [0.15, 0.2) is 0 Å². The largest absolute Gasteiger partial charge is 0.333 e. The average molecular weight is 359 g/mol. The minimum atomic E-state index is 0.159. The topological polar surface area (TPSA) is 20.3 Å². The van der Waals surface area contributed by atoms with Gasteiger partial charge in [0.2, 0.25) is 0 Å². The van der Waals surface area contributed by atoms with Crippen LogP contribution in [0.2, 0.25) is 0 Å². The van der Waals surface area contributed by atoms with Crippen molar-refractivity contribution in [3.8, 4) is 0 Å². The van der Waals surface area contributed by atoms with Crippen LogP contribution in [-0.4, -0.2) is 33.0 Å². The molecular formula is C13H13Br2NO. The predicted molar refractivity (Wildman–Crippen MR) is 74.8 cm³/mol. The van der Waals surface area contributed by atoms with Crippen molar-refractivity contribution in [2.24, 2.45) is 5.92 Å². The quantitative estimate of drug-likeness (QED) is 0.706. The smallest absolute Gasteiger partial charge is 0.254 e. The van der Waals surface area contributed by atoms with Crippen LogP contribution in [0.15, 0.2) is 30.3 Å². The van der Waals surface area contributed by atoms with E-state index >= 15 is 0 Å². The van der Waals surface area contributed by atoms with Crippen LogP contribution in [-0.2, 0) is 0 Å². The summed E-state index contributed by atoms with van der Waals surface area (Å²) in [5.74, 6) is 0.753. The lowest BCUT2D eigenvalue weighted by Gasteiger charge is -2.30. The third-order valence-electron chi connectivity index (χ3n) is 3.75. The third-order valence-corrected chi connectivity index (χ3v) is 5.95. The van der Waals surface area contributed by atoms with Gasteiger partial charge in [-0.15, -0.1) is 0 Å². The number of carbonyl (C=O) groups excluding carboxylic acids is 1. The Bertz CT molecular complexity index is 436. The molecule has 1 aromatic carbocycles. The van der Waals surface area contributed by atoms with Crippen molar-refractivity contribution in [1.82, 2.24) is 4.90 Å². The van der Waals surface area contributed by atoms with Gasteiger partial charge < -0.3 is 4.90 Å². The second-order valence-electron chi connectivity index (χ2n) is 4.77. The molecule has 2 aliphatic rings. The van der Waals surface area contributed by atoms with Crippen LogP contribution < -0.4 is 0 Å². The Morgan fingerprint density at radius 3 is 2.53 bits per heavy atom. The third kappa shape index (κ3) is 1.85. The summed E-state index contributed by atoms with van der Waals surface area (Å²) in [6.45, 7) is 0.885. The fourth-order valence-electron chi connectivity index (χ4n) is 2.92. The van der Waals surface area contributed by atoms with E-state index in [0.29, 0.717) is 21.6 Å². The van der Waals surface area contributed by atoms with Crippen LogP contribution in [0.25, 0.3) is 0 Å². The van der Waals surface area contributed by atoms with Crippen molar-refractivity contribution >= 4 is 37.8 Å². The molecule has 1 aromatic rings. The number of alkyl halides is 2. The lowest BCUT2D eigenvalue weighted by Crippen LogP contribution is -2.43. The van der Waals surface area contributed by atoms with Crippen LogP contribution in [0.1, 0.15) is 16.8 Å². The Hall–Kier alpha value is -0.350. The molecule has 1 aliphatic carbocycles. The number of benzene rings is 1. The normalized spacial score (nSPS) is 35.3. The second-order valence-corrected chi connectivity index (χ2v) is 7.00. The van der Waals surface area contributed by atoms with Gasteiger partial charge in [0, 0.05) is 21.8 Å². The first kappa shape index (κ1) is 11.7. The van der Waals surface area contributed by atoms with Crippen molar-refractivity contribution in [2.75, 3.05) is 6.54 Å². The summed E-state index contributed by atoms with van der Waals surface area (Å²) in [5.41, 5.74) is 0.791. The summed E-state index contributed by atoms with van der Waals surface area (Å²) < 4.78 is 0. The Kier molecular flexibility index (Phi) is 3.03. The van der Waals surface area contributed by atoms with Gasteiger partial charge >= 0.3 is 0 Å². The van der Waals surface area contributed by atoms with Crippen LogP contribution in [0.3, 0.4) is 0 Å². The van der Waals surface area contributed by atoms with E-state index in [4.69, 9.17) is 0 Å². The van der Waals surface area contributed by atoms with E-state index < -0.39 is 0 Å². The fourth-order valence-corrected chi connectivity index (χ4v) is 5.46. The number of halogens is 2. The molecule has 17 heavy (non-hydrogen) atoms. The SMILES string of the molecule is O=C(c1ccccc1)N1C[C@H]2C[C@H](Br)[C@H]1[C@H]2Br. The molecule has 0 unspecified atom stereocenters. The lowest BCUT2D eigenvalue weighted by atomic mass is 10.1. The number of hydrogen-bond acceptors (Lipinski definition) is 1. The van der Waals surface area contributed by atoms with Crippen molar-refractivity contribution in [3.63, 3.8) is 0 Å². The number of amides is 1. The molecule has 0 spiro atoms. The molecule has 2 fully saturated rings. The van der Waals surface area contributed by atoms with Crippen molar-refractivity contribution < 1.29 is 4.79 Å². The first-order chi connectivity index (χ1) is 8.18. The van der Waals surface area contributed by atoms with Gasteiger partial charge in [-0.3, -0.25) is 4.79 Å². The van der Waals surface area contributed by atoms with Gasteiger partial charge in [-0.2, -0.15) is 0 Å². The molecule has 4 heteroatoms. The molecule has 3 rings (SSSR count). The maximum absolute atomic E-state index is 12.4. The number of hydrogen-bond donors (Lipinski definition) is 0. The molecule has 0 aromatic heterocycles. The summed E-state index contributed by atoms with van der Waals surface area (Å²) in [4.78, 5) is 15.3. The summed E-state index contributed by atoms with van der Waals surface area (Å²) in [6.07, 6.45) is 1.17. The van der Waals surface area contributed by atoms with E-state index in [1.807, 2.05) is 35.2 Å². The molecule has 1 aliphatic heterocycles. The number of likely N-dealkylation sites (tertiary alicyclic amines) is 1. The average Bonchev–Trinajstić information content (AvgIpc) is 2.81. The molecule has 2 nitrogen and oxygen atoms in total. The number of piperidine rings is 1. The van der Waals surface area contributed by atoms with Crippen LogP contribution in [0.5, 0.6) is 0 Å².